The summed E-state index contributed by atoms with van der Waals surface area (Å²) in [4.78, 5) is 12.2. The van der Waals surface area contributed by atoms with Crippen molar-refractivity contribution in [3.8, 4) is 11.1 Å². The fourth-order valence-corrected chi connectivity index (χ4v) is 4.93. The molecule has 1 aliphatic heterocycles. The molecule has 156 valence electrons. The Hall–Kier alpha value is -2.42. The van der Waals surface area contributed by atoms with Gasteiger partial charge in [0.15, 0.2) is 0 Å². The highest BCUT2D eigenvalue weighted by Gasteiger charge is 2.53. The summed E-state index contributed by atoms with van der Waals surface area (Å²) < 4.78 is 81.7. The Morgan fingerprint density at radius 3 is 2.14 bits per heavy atom. The molecular weight excluding hydrogens is 410 g/mol. The first-order valence-electron chi connectivity index (χ1n) is 8.97. The number of piperidine rings is 1. The van der Waals surface area contributed by atoms with Crippen LogP contribution in [0.3, 0.4) is 0 Å². The van der Waals surface area contributed by atoms with Gasteiger partial charge in [-0.05, 0) is 42.7 Å². The van der Waals surface area contributed by atoms with Gasteiger partial charge in [-0.15, -0.1) is 0 Å². The predicted octanol–water partition coefficient (Wildman–Crippen LogP) is 4.26. The lowest BCUT2D eigenvalue weighted by Gasteiger charge is -2.35. The van der Waals surface area contributed by atoms with Crippen molar-refractivity contribution in [1.82, 2.24) is 4.90 Å². The van der Waals surface area contributed by atoms with E-state index in [4.69, 9.17) is 0 Å². The lowest BCUT2D eigenvalue weighted by atomic mass is 9.97. The standard InChI is InChI=1S/C20H19F4NO3S/c1-13(26)25-10-8-15(9-11-25)20(23,24)29(27,28)17-5-2-14(3-6-17)18-7-4-16(21)12-19(18)22/h2-7,12,15H,8-11H2,1H3. The number of hydrogen-bond acceptors (Lipinski definition) is 3. The zero-order valence-corrected chi connectivity index (χ0v) is 16.4. The number of halogens is 4. The second-order valence-electron chi connectivity index (χ2n) is 6.99. The molecule has 1 saturated heterocycles. The topological polar surface area (TPSA) is 54.5 Å². The van der Waals surface area contributed by atoms with Crippen LogP contribution in [0.1, 0.15) is 19.8 Å². The first kappa shape index (κ1) is 21.3. The molecule has 0 unspecified atom stereocenters. The number of carbonyl (C=O) groups is 1. The summed E-state index contributed by atoms with van der Waals surface area (Å²) in [6.45, 7) is 1.49. The Morgan fingerprint density at radius 2 is 1.62 bits per heavy atom. The largest absolute Gasteiger partial charge is 0.352 e. The van der Waals surface area contributed by atoms with E-state index in [0.29, 0.717) is 6.07 Å². The molecule has 0 saturated carbocycles. The van der Waals surface area contributed by atoms with Crippen LogP contribution < -0.4 is 0 Å². The fraction of sp³-hybridized carbons (Fsp3) is 0.350. The van der Waals surface area contributed by atoms with E-state index in [1.54, 1.807) is 0 Å². The van der Waals surface area contributed by atoms with Crippen LogP contribution in [0, 0.1) is 17.6 Å². The Morgan fingerprint density at radius 1 is 1.03 bits per heavy atom. The minimum Gasteiger partial charge on any atom is -0.343 e. The van der Waals surface area contributed by atoms with Crippen molar-refractivity contribution in [2.24, 2.45) is 5.92 Å². The molecule has 29 heavy (non-hydrogen) atoms. The van der Waals surface area contributed by atoms with Crippen LogP contribution >= 0.6 is 0 Å². The predicted molar refractivity (Wildman–Crippen MR) is 98.9 cm³/mol. The molecular formula is C20H19F4NO3S. The van der Waals surface area contributed by atoms with Gasteiger partial charge in [0.05, 0.1) is 4.90 Å². The number of rotatable bonds is 4. The maximum absolute atomic E-state index is 14.8. The molecule has 1 amide bonds. The van der Waals surface area contributed by atoms with E-state index in [0.717, 1.165) is 18.2 Å². The summed E-state index contributed by atoms with van der Waals surface area (Å²) >= 11 is 0. The number of carbonyl (C=O) groups excluding carboxylic acids is 1. The summed E-state index contributed by atoms with van der Waals surface area (Å²) in [6.07, 6.45) is -0.241. The van der Waals surface area contributed by atoms with Crippen molar-refractivity contribution < 1.29 is 30.8 Å². The molecule has 1 aliphatic rings. The summed E-state index contributed by atoms with van der Waals surface area (Å²) in [5.74, 6) is -3.25. The third-order valence-electron chi connectivity index (χ3n) is 5.18. The Balaban J connectivity index is 1.84. The van der Waals surface area contributed by atoms with Crippen molar-refractivity contribution >= 4 is 15.7 Å². The first-order valence-corrected chi connectivity index (χ1v) is 10.5. The molecule has 0 spiro atoms. The van der Waals surface area contributed by atoms with Crippen molar-refractivity contribution in [1.29, 1.82) is 0 Å². The van der Waals surface area contributed by atoms with Crippen LogP contribution in [0.2, 0.25) is 0 Å². The van der Waals surface area contributed by atoms with Gasteiger partial charge in [0.2, 0.25) is 15.7 Å². The normalized spacial score (nSPS) is 16.1. The van der Waals surface area contributed by atoms with Gasteiger partial charge in [-0.3, -0.25) is 4.79 Å². The Labute approximate surface area is 166 Å². The van der Waals surface area contributed by atoms with E-state index in [2.05, 4.69) is 0 Å². The van der Waals surface area contributed by atoms with E-state index < -0.39 is 37.5 Å². The molecule has 1 fully saturated rings. The Bertz CT molecular complexity index is 1010. The zero-order chi connectivity index (χ0) is 21.4. The van der Waals surface area contributed by atoms with Crippen molar-refractivity contribution in [2.75, 3.05) is 13.1 Å². The Kier molecular flexibility index (Phi) is 5.71. The lowest BCUT2D eigenvalue weighted by molar-refractivity contribution is -0.131. The van der Waals surface area contributed by atoms with Gasteiger partial charge in [0.1, 0.15) is 11.6 Å². The van der Waals surface area contributed by atoms with Crippen LogP contribution in [-0.4, -0.2) is 37.6 Å². The number of amides is 1. The van der Waals surface area contributed by atoms with Crippen molar-refractivity contribution in [3.63, 3.8) is 0 Å². The quantitative estimate of drug-likeness (QED) is 0.683. The van der Waals surface area contributed by atoms with Gasteiger partial charge in [0.25, 0.3) is 0 Å². The second kappa shape index (κ2) is 7.78. The number of nitrogens with zero attached hydrogens (tertiary/aromatic N) is 1. The number of likely N-dealkylation sites (tertiary alicyclic amines) is 1. The summed E-state index contributed by atoms with van der Waals surface area (Å²) in [5.41, 5.74) is 0.262. The summed E-state index contributed by atoms with van der Waals surface area (Å²) in [5, 5.41) is -4.00. The highest BCUT2D eigenvalue weighted by Crippen LogP contribution is 2.41. The highest BCUT2D eigenvalue weighted by atomic mass is 32.2. The van der Waals surface area contributed by atoms with Gasteiger partial charge >= 0.3 is 5.25 Å². The van der Waals surface area contributed by atoms with Crippen LogP contribution in [0.4, 0.5) is 17.6 Å². The van der Waals surface area contributed by atoms with E-state index in [9.17, 15) is 30.8 Å². The number of benzene rings is 2. The number of alkyl halides is 2. The average molecular weight is 429 g/mol. The minimum absolute atomic E-state index is 0.0266. The van der Waals surface area contributed by atoms with Crippen LogP contribution in [-0.2, 0) is 14.6 Å². The van der Waals surface area contributed by atoms with Crippen LogP contribution in [0.5, 0.6) is 0 Å². The van der Waals surface area contributed by atoms with Crippen molar-refractivity contribution in [2.45, 2.75) is 29.9 Å². The molecule has 9 heteroatoms. The van der Waals surface area contributed by atoms with Crippen LogP contribution in [0.25, 0.3) is 11.1 Å². The van der Waals surface area contributed by atoms with Gasteiger partial charge in [-0.2, -0.15) is 8.78 Å². The molecule has 0 aliphatic carbocycles. The maximum atomic E-state index is 14.8. The molecule has 0 aromatic heterocycles. The van der Waals surface area contributed by atoms with Crippen molar-refractivity contribution in [3.05, 3.63) is 54.1 Å². The van der Waals surface area contributed by atoms with E-state index in [-0.39, 0.29) is 43.0 Å². The number of sulfone groups is 1. The van der Waals surface area contributed by atoms with Crippen LogP contribution in [0.15, 0.2) is 47.4 Å². The summed E-state index contributed by atoms with van der Waals surface area (Å²) in [6, 6.07) is 7.31. The molecule has 3 rings (SSSR count). The monoisotopic (exact) mass is 429 g/mol. The molecule has 2 aromatic rings. The molecule has 4 nitrogen and oxygen atoms in total. The van der Waals surface area contributed by atoms with E-state index >= 15 is 0 Å². The first-order chi connectivity index (χ1) is 13.5. The fourth-order valence-electron chi connectivity index (χ4n) is 3.44. The minimum atomic E-state index is -4.98. The third kappa shape index (κ3) is 4.01. The van der Waals surface area contributed by atoms with Gasteiger partial charge in [0, 0.05) is 37.6 Å². The van der Waals surface area contributed by atoms with Gasteiger partial charge in [-0.1, -0.05) is 12.1 Å². The average Bonchev–Trinajstić information content (AvgIpc) is 2.68. The second-order valence-corrected chi connectivity index (χ2v) is 9.02. The third-order valence-corrected chi connectivity index (χ3v) is 7.12. The molecule has 2 aromatic carbocycles. The molecule has 0 radical (unpaired) electrons. The molecule has 0 N–H and O–H groups in total. The summed E-state index contributed by atoms with van der Waals surface area (Å²) in [7, 11) is -4.98. The maximum Gasteiger partial charge on any atom is 0.352 e. The highest BCUT2D eigenvalue weighted by molar-refractivity contribution is 7.92. The lowest BCUT2D eigenvalue weighted by Crippen LogP contribution is -2.45. The number of hydrogen-bond donors (Lipinski definition) is 0. The molecule has 1 heterocycles. The smallest absolute Gasteiger partial charge is 0.343 e. The van der Waals surface area contributed by atoms with Gasteiger partial charge < -0.3 is 4.90 Å². The van der Waals surface area contributed by atoms with E-state index in [1.165, 1.54) is 30.0 Å². The zero-order valence-electron chi connectivity index (χ0n) is 15.5. The molecule has 0 bridgehead atoms. The molecule has 0 atom stereocenters. The SMILES string of the molecule is CC(=O)N1CCC(C(F)(F)S(=O)(=O)c2ccc(-c3ccc(F)cc3F)cc2)CC1. The van der Waals surface area contributed by atoms with E-state index in [1.807, 2.05) is 0 Å². The van der Waals surface area contributed by atoms with Gasteiger partial charge in [-0.25, -0.2) is 17.2 Å².